The number of hydrogen-bond donors (Lipinski definition) is 1. The zero-order chi connectivity index (χ0) is 12.0. The Morgan fingerprint density at radius 2 is 2.12 bits per heavy atom. The zero-order valence-electron chi connectivity index (χ0n) is 10.9. The summed E-state index contributed by atoms with van der Waals surface area (Å²) in [5.74, 6) is 0.879. The molecule has 0 heterocycles. The van der Waals surface area contributed by atoms with E-state index in [1.807, 2.05) is 6.92 Å². The van der Waals surface area contributed by atoms with Crippen LogP contribution in [0.5, 0.6) is 0 Å². The molecule has 0 bridgehead atoms. The van der Waals surface area contributed by atoms with Crippen molar-refractivity contribution in [3.8, 4) is 6.07 Å². The first-order valence-corrected chi connectivity index (χ1v) is 6.52. The molecule has 0 amide bonds. The Labute approximate surface area is 99.8 Å². The first-order chi connectivity index (χ1) is 7.63. The molecule has 0 aromatic heterocycles. The Kier molecular flexibility index (Phi) is 5.24. The highest BCUT2D eigenvalue weighted by Crippen LogP contribution is 2.27. The van der Waals surface area contributed by atoms with Gasteiger partial charge in [0.25, 0.3) is 0 Å². The van der Waals surface area contributed by atoms with Gasteiger partial charge in [0.1, 0.15) is 5.54 Å². The molecule has 3 heteroatoms. The van der Waals surface area contributed by atoms with Crippen molar-refractivity contribution in [3.63, 3.8) is 0 Å². The van der Waals surface area contributed by atoms with Gasteiger partial charge in [-0.1, -0.05) is 20.3 Å². The molecule has 0 spiro atoms. The van der Waals surface area contributed by atoms with Gasteiger partial charge in [-0.15, -0.1) is 0 Å². The second kappa shape index (κ2) is 6.22. The zero-order valence-corrected chi connectivity index (χ0v) is 10.9. The molecule has 16 heavy (non-hydrogen) atoms. The van der Waals surface area contributed by atoms with Crippen molar-refractivity contribution in [2.45, 2.75) is 45.6 Å². The molecule has 1 N–H and O–H groups in total. The van der Waals surface area contributed by atoms with Crippen molar-refractivity contribution in [2.24, 2.45) is 5.92 Å². The van der Waals surface area contributed by atoms with E-state index in [4.69, 9.17) is 0 Å². The maximum Gasteiger partial charge on any atom is 0.116 e. The maximum absolute atomic E-state index is 9.23. The SMILES string of the molecule is CCNC(C)(C#N)CN(CC)CC1CCC1. The maximum atomic E-state index is 9.23. The fourth-order valence-corrected chi connectivity index (χ4v) is 2.31. The minimum Gasteiger partial charge on any atom is -0.300 e. The minimum atomic E-state index is -0.394. The third-order valence-electron chi connectivity index (χ3n) is 3.54. The van der Waals surface area contributed by atoms with Crippen molar-refractivity contribution in [1.29, 1.82) is 5.26 Å². The highest BCUT2D eigenvalue weighted by atomic mass is 15.2. The van der Waals surface area contributed by atoms with Crippen LogP contribution in [0.25, 0.3) is 0 Å². The Morgan fingerprint density at radius 1 is 1.44 bits per heavy atom. The molecule has 0 saturated heterocycles. The summed E-state index contributed by atoms with van der Waals surface area (Å²) in [7, 11) is 0. The Morgan fingerprint density at radius 3 is 2.50 bits per heavy atom. The number of hydrogen-bond acceptors (Lipinski definition) is 3. The van der Waals surface area contributed by atoms with Gasteiger partial charge < -0.3 is 4.90 Å². The molecule has 1 atom stereocenters. The number of nitrogens with one attached hydrogen (secondary N) is 1. The van der Waals surface area contributed by atoms with E-state index in [9.17, 15) is 5.26 Å². The molecular weight excluding hydrogens is 198 g/mol. The molecule has 1 aliphatic rings. The van der Waals surface area contributed by atoms with Gasteiger partial charge in [0, 0.05) is 13.1 Å². The normalized spacial score (nSPS) is 20.2. The summed E-state index contributed by atoms with van der Waals surface area (Å²) in [4.78, 5) is 2.41. The quantitative estimate of drug-likeness (QED) is 0.717. The van der Waals surface area contributed by atoms with Gasteiger partial charge in [-0.05, 0) is 38.8 Å². The summed E-state index contributed by atoms with van der Waals surface area (Å²) >= 11 is 0. The van der Waals surface area contributed by atoms with Crippen molar-refractivity contribution in [2.75, 3.05) is 26.2 Å². The summed E-state index contributed by atoms with van der Waals surface area (Å²) in [6, 6.07) is 2.40. The molecule has 0 aromatic rings. The van der Waals surface area contributed by atoms with Crippen molar-refractivity contribution >= 4 is 0 Å². The number of likely N-dealkylation sites (N-methyl/N-ethyl adjacent to an activating group) is 2. The Bertz CT molecular complexity index is 242. The largest absolute Gasteiger partial charge is 0.300 e. The molecule has 92 valence electrons. The topological polar surface area (TPSA) is 39.1 Å². The van der Waals surface area contributed by atoms with Gasteiger partial charge in [-0.3, -0.25) is 5.32 Å². The van der Waals surface area contributed by atoms with Gasteiger partial charge in [-0.25, -0.2) is 0 Å². The van der Waals surface area contributed by atoms with Crippen LogP contribution in [0.4, 0.5) is 0 Å². The lowest BCUT2D eigenvalue weighted by Gasteiger charge is -2.35. The monoisotopic (exact) mass is 223 g/mol. The summed E-state index contributed by atoms with van der Waals surface area (Å²) in [6.07, 6.45) is 4.15. The van der Waals surface area contributed by atoms with E-state index in [0.29, 0.717) is 0 Å². The lowest BCUT2D eigenvalue weighted by molar-refractivity contribution is 0.159. The van der Waals surface area contributed by atoms with Gasteiger partial charge in [-0.2, -0.15) is 5.26 Å². The van der Waals surface area contributed by atoms with Gasteiger partial charge in [0.05, 0.1) is 6.07 Å². The average molecular weight is 223 g/mol. The predicted octanol–water partition coefficient (Wildman–Crippen LogP) is 2.00. The van der Waals surface area contributed by atoms with Crippen LogP contribution in [0.15, 0.2) is 0 Å². The highest BCUT2D eigenvalue weighted by Gasteiger charge is 2.27. The van der Waals surface area contributed by atoms with E-state index >= 15 is 0 Å². The molecule has 1 rings (SSSR count). The van der Waals surface area contributed by atoms with E-state index in [-0.39, 0.29) is 0 Å². The standard InChI is InChI=1S/C13H25N3/c1-4-15-13(3,10-14)11-16(5-2)9-12-7-6-8-12/h12,15H,4-9,11H2,1-3H3. The first kappa shape index (κ1) is 13.5. The minimum absolute atomic E-state index is 0.394. The van der Waals surface area contributed by atoms with Crippen LogP contribution in [0, 0.1) is 17.2 Å². The fourth-order valence-electron chi connectivity index (χ4n) is 2.31. The second-order valence-electron chi connectivity index (χ2n) is 5.10. The van der Waals surface area contributed by atoms with Crippen molar-refractivity contribution in [3.05, 3.63) is 0 Å². The smallest absolute Gasteiger partial charge is 0.116 e. The van der Waals surface area contributed by atoms with Crippen LogP contribution in [0.3, 0.4) is 0 Å². The fraction of sp³-hybridized carbons (Fsp3) is 0.923. The van der Waals surface area contributed by atoms with Crippen molar-refractivity contribution < 1.29 is 0 Å². The van der Waals surface area contributed by atoms with E-state index in [0.717, 1.165) is 25.6 Å². The van der Waals surface area contributed by atoms with Gasteiger partial charge in [0.2, 0.25) is 0 Å². The molecule has 1 fully saturated rings. The van der Waals surface area contributed by atoms with E-state index in [2.05, 4.69) is 30.1 Å². The lowest BCUT2D eigenvalue weighted by Crippen LogP contribution is -2.51. The predicted molar refractivity (Wildman–Crippen MR) is 67.1 cm³/mol. The molecular formula is C13H25N3. The second-order valence-corrected chi connectivity index (χ2v) is 5.10. The Balaban J connectivity index is 2.43. The van der Waals surface area contributed by atoms with Crippen molar-refractivity contribution in [1.82, 2.24) is 10.2 Å². The molecule has 0 aliphatic heterocycles. The first-order valence-electron chi connectivity index (χ1n) is 6.52. The van der Waals surface area contributed by atoms with Crippen LogP contribution in [-0.2, 0) is 0 Å². The molecule has 0 radical (unpaired) electrons. The van der Waals surface area contributed by atoms with Crippen LogP contribution in [0.2, 0.25) is 0 Å². The van der Waals surface area contributed by atoms with Gasteiger partial charge >= 0.3 is 0 Å². The van der Waals surface area contributed by atoms with Crippen LogP contribution >= 0.6 is 0 Å². The van der Waals surface area contributed by atoms with E-state index in [1.54, 1.807) is 0 Å². The molecule has 1 saturated carbocycles. The van der Waals surface area contributed by atoms with Gasteiger partial charge in [0.15, 0.2) is 0 Å². The average Bonchev–Trinajstić information content (AvgIpc) is 2.22. The summed E-state index contributed by atoms with van der Waals surface area (Å²) in [5, 5.41) is 12.5. The third-order valence-corrected chi connectivity index (χ3v) is 3.54. The summed E-state index contributed by atoms with van der Waals surface area (Å²) in [6.45, 7) is 10.1. The van der Waals surface area contributed by atoms with E-state index in [1.165, 1.54) is 25.8 Å². The van der Waals surface area contributed by atoms with Crippen LogP contribution < -0.4 is 5.32 Å². The Hall–Kier alpha value is -0.590. The molecule has 0 aromatic carbocycles. The molecule has 1 aliphatic carbocycles. The number of rotatable bonds is 7. The molecule has 3 nitrogen and oxygen atoms in total. The highest BCUT2D eigenvalue weighted by molar-refractivity contribution is 5.05. The third kappa shape index (κ3) is 3.77. The molecule has 1 unspecified atom stereocenters. The van der Waals surface area contributed by atoms with E-state index < -0.39 is 5.54 Å². The lowest BCUT2D eigenvalue weighted by atomic mass is 9.85. The van der Waals surface area contributed by atoms with Crippen LogP contribution in [0.1, 0.15) is 40.0 Å². The number of nitriles is 1. The van der Waals surface area contributed by atoms with Crippen LogP contribution in [-0.4, -0.2) is 36.6 Å². The number of nitrogens with zero attached hydrogens (tertiary/aromatic N) is 2. The summed E-state index contributed by atoms with van der Waals surface area (Å²) in [5.41, 5.74) is -0.394. The summed E-state index contributed by atoms with van der Waals surface area (Å²) < 4.78 is 0.